The number of H-pyrrole nitrogens is 1. The number of hydrogen-bond acceptors (Lipinski definition) is 1. The molecule has 1 heterocycles. The third-order valence-electron chi connectivity index (χ3n) is 3.81. The average molecular weight is 263 g/mol. The summed E-state index contributed by atoms with van der Waals surface area (Å²) in [6.07, 6.45) is 4.83. The van der Waals surface area contributed by atoms with Gasteiger partial charge in [-0.15, -0.1) is 0 Å². The van der Waals surface area contributed by atoms with Crippen LogP contribution in [0, 0.1) is 0 Å². The molecular weight excluding hydrogens is 244 g/mol. The topological polar surface area (TPSA) is 27.8 Å². The summed E-state index contributed by atoms with van der Waals surface area (Å²) in [5.74, 6) is 0. The number of rotatable bonds is 3. The van der Waals surface area contributed by atoms with Gasteiger partial charge in [0, 0.05) is 27.7 Å². The summed E-state index contributed by atoms with van der Waals surface area (Å²) in [6.45, 7) is 3.29. The fourth-order valence-electron chi connectivity index (χ4n) is 2.96. The lowest BCUT2D eigenvalue weighted by Gasteiger charge is -2.23. The smallest absolute Gasteiger partial charge is 0.0476 e. The maximum atomic E-state index is 6.11. The molecule has 1 aliphatic rings. The largest absolute Gasteiger partial charge is 0.357 e. The molecule has 2 aromatic rings. The molecule has 0 bridgehead atoms. The molecular formula is C15H19ClN2. The van der Waals surface area contributed by atoms with Crippen molar-refractivity contribution < 1.29 is 0 Å². The molecule has 96 valence electrons. The second-order valence-electron chi connectivity index (χ2n) is 5.11. The number of aryl methyl sites for hydroxylation is 1. The predicted octanol–water partition coefficient (Wildman–Crippen LogP) is 4.20. The third-order valence-corrected chi connectivity index (χ3v) is 4.05. The first-order valence-electron chi connectivity index (χ1n) is 6.83. The lowest BCUT2D eigenvalue weighted by molar-refractivity contribution is 0.454. The molecule has 0 saturated heterocycles. The van der Waals surface area contributed by atoms with E-state index in [4.69, 9.17) is 11.6 Å². The summed E-state index contributed by atoms with van der Waals surface area (Å²) in [5, 5.41) is 5.77. The minimum atomic E-state index is 0.486. The Morgan fingerprint density at radius 2 is 2.33 bits per heavy atom. The molecule has 2 N–H and O–H groups in total. The van der Waals surface area contributed by atoms with Gasteiger partial charge in [-0.05, 0) is 56.0 Å². The van der Waals surface area contributed by atoms with E-state index in [-0.39, 0.29) is 0 Å². The SMILES string of the molecule is CCCNC1CCCc2c1[nH]c1ccc(Cl)cc21. The van der Waals surface area contributed by atoms with Crippen molar-refractivity contribution in [3.05, 3.63) is 34.5 Å². The predicted molar refractivity (Wildman–Crippen MR) is 77.3 cm³/mol. The van der Waals surface area contributed by atoms with Gasteiger partial charge in [0.2, 0.25) is 0 Å². The summed E-state index contributed by atoms with van der Waals surface area (Å²) in [4.78, 5) is 3.58. The lowest BCUT2D eigenvalue weighted by Crippen LogP contribution is -2.25. The molecule has 1 aliphatic carbocycles. The monoisotopic (exact) mass is 262 g/mol. The molecule has 3 heteroatoms. The van der Waals surface area contributed by atoms with Crippen molar-refractivity contribution in [1.29, 1.82) is 0 Å². The molecule has 1 atom stereocenters. The van der Waals surface area contributed by atoms with Gasteiger partial charge in [-0.2, -0.15) is 0 Å². The second-order valence-corrected chi connectivity index (χ2v) is 5.54. The summed E-state index contributed by atoms with van der Waals surface area (Å²) in [7, 11) is 0. The zero-order chi connectivity index (χ0) is 12.5. The maximum absolute atomic E-state index is 6.11. The van der Waals surface area contributed by atoms with E-state index < -0.39 is 0 Å². The zero-order valence-corrected chi connectivity index (χ0v) is 11.5. The first-order valence-corrected chi connectivity index (χ1v) is 7.20. The highest BCUT2D eigenvalue weighted by molar-refractivity contribution is 6.31. The highest BCUT2D eigenvalue weighted by Crippen LogP contribution is 2.35. The summed E-state index contributed by atoms with van der Waals surface area (Å²) in [6, 6.07) is 6.63. The number of fused-ring (bicyclic) bond motifs is 3. The molecule has 1 unspecified atom stereocenters. The van der Waals surface area contributed by atoms with E-state index in [1.807, 2.05) is 6.07 Å². The normalized spacial score (nSPS) is 19.1. The van der Waals surface area contributed by atoms with Gasteiger partial charge < -0.3 is 10.3 Å². The maximum Gasteiger partial charge on any atom is 0.0476 e. The molecule has 3 rings (SSSR count). The molecule has 0 fully saturated rings. The number of benzene rings is 1. The van der Waals surface area contributed by atoms with Crippen LogP contribution < -0.4 is 5.32 Å². The highest BCUT2D eigenvalue weighted by Gasteiger charge is 2.23. The van der Waals surface area contributed by atoms with Crippen LogP contribution in [0.4, 0.5) is 0 Å². The van der Waals surface area contributed by atoms with Crippen LogP contribution in [0.2, 0.25) is 5.02 Å². The molecule has 0 radical (unpaired) electrons. The van der Waals surface area contributed by atoms with Gasteiger partial charge in [0.1, 0.15) is 0 Å². The van der Waals surface area contributed by atoms with Gasteiger partial charge in [-0.3, -0.25) is 0 Å². The van der Waals surface area contributed by atoms with Gasteiger partial charge in [0.05, 0.1) is 0 Å². The molecule has 0 aliphatic heterocycles. The Kier molecular flexibility index (Phi) is 3.31. The number of nitrogens with one attached hydrogen (secondary N) is 2. The van der Waals surface area contributed by atoms with E-state index in [2.05, 4.69) is 29.4 Å². The Hall–Kier alpha value is -0.990. The van der Waals surface area contributed by atoms with Crippen LogP contribution in [-0.2, 0) is 6.42 Å². The number of hydrogen-bond donors (Lipinski definition) is 2. The van der Waals surface area contributed by atoms with Crippen molar-refractivity contribution in [2.24, 2.45) is 0 Å². The number of halogens is 1. The van der Waals surface area contributed by atoms with Crippen LogP contribution in [0.25, 0.3) is 10.9 Å². The van der Waals surface area contributed by atoms with E-state index in [9.17, 15) is 0 Å². The second kappa shape index (κ2) is 4.94. The molecule has 1 aromatic carbocycles. The average Bonchev–Trinajstić information content (AvgIpc) is 2.75. The van der Waals surface area contributed by atoms with Crippen LogP contribution in [0.15, 0.2) is 18.2 Å². The van der Waals surface area contributed by atoms with Crippen molar-refractivity contribution >= 4 is 22.5 Å². The van der Waals surface area contributed by atoms with Crippen molar-refractivity contribution in [3.8, 4) is 0 Å². The Balaban J connectivity index is 2.04. The molecule has 0 amide bonds. The quantitative estimate of drug-likeness (QED) is 0.853. The van der Waals surface area contributed by atoms with E-state index >= 15 is 0 Å². The van der Waals surface area contributed by atoms with Crippen molar-refractivity contribution in [2.75, 3.05) is 6.54 Å². The van der Waals surface area contributed by atoms with E-state index in [0.717, 1.165) is 11.6 Å². The molecule has 0 spiro atoms. The first kappa shape index (κ1) is 12.1. The Bertz CT molecular complexity index is 559. The van der Waals surface area contributed by atoms with Crippen LogP contribution in [-0.4, -0.2) is 11.5 Å². The highest BCUT2D eigenvalue weighted by atomic mass is 35.5. The minimum absolute atomic E-state index is 0.486. The zero-order valence-electron chi connectivity index (χ0n) is 10.7. The van der Waals surface area contributed by atoms with Gasteiger partial charge >= 0.3 is 0 Å². The van der Waals surface area contributed by atoms with Crippen molar-refractivity contribution in [1.82, 2.24) is 10.3 Å². The minimum Gasteiger partial charge on any atom is -0.357 e. The molecule has 0 saturated carbocycles. The lowest BCUT2D eigenvalue weighted by atomic mass is 9.91. The van der Waals surface area contributed by atoms with Gasteiger partial charge in [-0.25, -0.2) is 0 Å². The molecule has 18 heavy (non-hydrogen) atoms. The molecule has 2 nitrogen and oxygen atoms in total. The van der Waals surface area contributed by atoms with Crippen molar-refractivity contribution in [3.63, 3.8) is 0 Å². The summed E-state index contributed by atoms with van der Waals surface area (Å²) >= 11 is 6.11. The van der Waals surface area contributed by atoms with Crippen LogP contribution in [0.5, 0.6) is 0 Å². The Labute approximate surface area is 113 Å². The Morgan fingerprint density at radius 3 is 3.17 bits per heavy atom. The fraction of sp³-hybridized carbons (Fsp3) is 0.467. The van der Waals surface area contributed by atoms with E-state index in [1.54, 1.807) is 0 Å². The van der Waals surface area contributed by atoms with Crippen LogP contribution in [0.1, 0.15) is 43.5 Å². The van der Waals surface area contributed by atoms with Crippen LogP contribution in [0.3, 0.4) is 0 Å². The Morgan fingerprint density at radius 1 is 1.44 bits per heavy atom. The van der Waals surface area contributed by atoms with E-state index in [0.29, 0.717) is 6.04 Å². The summed E-state index contributed by atoms with van der Waals surface area (Å²) in [5.41, 5.74) is 4.06. The number of aromatic amines is 1. The van der Waals surface area contributed by atoms with Gasteiger partial charge in [-0.1, -0.05) is 18.5 Å². The first-order chi connectivity index (χ1) is 8.79. The third kappa shape index (κ3) is 2.04. The number of aromatic nitrogens is 1. The van der Waals surface area contributed by atoms with Crippen LogP contribution >= 0.6 is 11.6 Å². The molecule has 1 aromatic heterocycles. The standard InChI is InChI=1S/C15H19ClN2/c1-2-8-17-14-5-3-4-11-12-9-10(16)6-7-13(12)18-15(11)14/h6-7,9,14,17-18H,2-5,8H2,1H3. The fourth-order valence-corrected chi connectivity index (χ4v) is 3.13. The van der Waals surface area contributed by atoms with Crippen molar-refractivity contribution in [2.45, 2.75) is 38.6 Å². The van der Waals surface area contributed by atoms with Gasteiger partial charge in [0.15, 0.2) is 0 Å². The van der Waals surface area contributed by atoms with E-state index in [1.165, 1.54) is 47.8 Å². The van der Waals surface area contributed by atoms with Gasteiger partial charge in [0.25, 0.3) is 0 Å². The summed E-state index contributed by atoms with van der Waals surface area (Å²) < 4.78 is 0.